The van der Waals surface area contributed by atoms with E-state index in [1.165, 1.54) is 4.90 Å². The number of halogens is 1. The van der Waals surface area contributed by atoms with Crippen LogP contribution in [0.1, 0.15) is 12.8 Å². The summed E-state index contributed by atoms with van der Waals surface area (Å²) in [6.45, 7) is 0.492. The van der Waals surface area contributed by atoms with E-state index in [2.05, 4.69) is 27.9 Å². The molecule has 1 atom stereocenters. The SMILES string of the molecule is O=C(O)C1CCCN1C(=O)Nc1ccccc1I. The van der Waals surface area contributed by atoms with Crippen molar-refractivity contribution in [2.45, 2.75) is 18.9 Å². The van der Waals surface area contributed by atoms with Crippen LogP contribution in [0, 0.1) is 3.57 Å². The molecule has 2 amide bonds. The van der Waals surface area contributed by atoms with E-state index in [0.717, 1.165) is 9.99 Å². The molecular weight excluding hydrogens is 347 g/mol. The van der Waals surface area contributed by atoms with E-state index in [9.17, 15) is 9.59 Å². The van der Waals surface area contributed by atoms with Gasteiger partial charge >= 0.3 is 12.0 Å². The number of carbonyl (C=O) groups is 2. The number of likely N-dealkylation sites (tertiary alicyclic amines) is 1. The Balaban J connectivity index is 2.08. The highest BCUT2D eigenvalue weighted by molar-refractivity contribution is 14.1. The van der Waals surface area contributed by atoms with Crippen LogP contribution in [0.15, 0.2) is 24.3 Å². The van der Waals surface area contributed by atoms with Gasteiger partial charge in [0.2, 0.25) is 0 Å². The molecule has 1 aliphatic heterocycles. The van der Waals surface area contributed by atoms with Gasteiger partial charge in [0.1, 0.15) is 6.04 Å². The van der Waals surface area contributed by atoms with Gasteiger partial charge in [0.05, 0.1) is 5.69 Å². The lowest BCUT2D eigenvalue weighted by Crippen LogP contribution is -2.42. The van der Waals surface area contributed by atoms with Crippen LogP contribution in [0.4, 0.5) is 10.5 Å². The maximum atomic E-state index is 12.0. The van der Waals surface area contributed by atoms with E-state index in [-0.39, 0.29) is 6.03 Å². The zero-order valence-corrected chi connectivity index (χ0v) is 11.8. The molecule has 6 heteroatoms. The van der Waals surface area contributed by atoms with Crippen molar-refractivity contribution < 1.29 is 14.7 Å². The van der Waals surface area contributed by atoms with Crippen molar-refractivity contribution in [2.75, 3.05) is 11.9 Å². The second kappa shape index (κ2) is 5.55. The largest absolute Gasteiger partial charge is 0.480 e. The standard InChI is InChI=1S/C12H13IN2O3/c13-8-4-1-2-5-9(8)14-12(18)15-7-3-6-10(15)11(16)17/h1-2,4-5,10H,3,6-7H2,(H,14,18)(H,16,17). The molecule has 1 aromatic carbocycles. The van der Waals surface area contributed by atoms with Gasteiger partial charge in [-0.2, -0.15) is 0 Å². The Morgan fingerprint density at radius 3 is 2.78 bits per heavy atom. The Morgan fingerprint density at radius 1 is 1.39 bits per heavy atom. The first-order valence-corrected chi connectivity index (χ1v) is 6.72. The number of carboxylic acid groups (broad SMARTS) is 1. The van der Waals surface area contributed by atoms with E-state index < -0.39 is 12.0 Å². The molecule has 1 fully saturated rings. The fraction of sp³-hybridized carbons (Fsp3) is 0.333. The summed E-state index contributed by atoms with van der Waals surface area (Å²) >= 11 is 2.13. The Kier molecular flexibility index (Phi) is 4.05. The number of anilines is 1. The molecule has 0 spiro atoms. The zero-order chi connectivity index (χ0) is 13.1. The topological polar surface area (TPSA) is 69.6 Å². The minimum absolute atomic E-state index is 0.344. The van der Waals surface area contributed by atoms with Crippen molar-refractivity contribution in [2.24, 2.45) is 0 Å². The van der Waals surface area contributed by atoms with Crippen molar-refractivity contribution in [1.82, 2.24) is 4.90 Å². The maximum Gasteiger partial charge on any atom is 0.326 e. The summed E-state index contributed by atoms with van der Waals surface area (Å²) in [6.07, 6.45) is 1.25. The van der Waals surface area contributed by atoms with Gasteiger partial charge in [0.25, 0.3) is 0 Å². The summed E-state index contributed by atoms with van der Waals surface area (Å²) in [5.74, 6) is -0.939. The van der Waals surface area contributed by atoms with Gasteiger partial charge in [-0.05, 0) is 47.6 Å². The third-order valence-electron chi connectivity index (χ3n) is 2.91. The first-order chi connectivity index (χ1) is 8.59. The second-order valence-electron chi connectivity index (χ2n) is 4.10. The van der Waals surface area contributed by atoms with E-state index in [1.54, 1.807) is 6.07 Å². The molecule has 1 aromatic rings. The number of benzene rings is 1. The van der Waals surface area contributed by atoms with Crippen molar-refractivity contribution in [1.29, 1.82) is 0 Å². The normalized spacial score (nSPS) is 18.7. The van der Waals surface area contributed by atoms with Crippen LogP contribution in [0.25, 0.3) is 0 Å². The summed E-state index contributed by atoms with van der Waals surface area (Å²) < 4.78 is 0.925. The molecule has 1 heterocycles. The number of urea groups is 1. The summed E-state index contributed by atoms with van der Waals surface area (Å²) in [7, 11) is 0. The number of rotatable bonds is 2. The van der Waals surface area contributed by atoms with Gasteiger partial charge in [-0.25, -0.2) is 9.59 Å². The second-order valence-corrected chi connectivity index (χ2v) is 5.26. The van der Waals surface area contributed by atoms with Crippen LogP contribution in [0.2, 0.25) is 0 Å². The van der Waals surface area contributed by atoms with Gasteiger partial charge in [-0.15, -0.1) is 0 Å². The number of carboxylic acids is 1. The number of nitrogens with zero attached hydrogens (tertiary/aromatic N) is 1. The van der Waals surface area contributed by atoms with Crippen LogP contribution in [0.3, 0.4) is 0 Å². The number of aliphatic carboxylic acids is 1. The van der Waals surface area contributed by atoms with Gasteiger partial charge in [0.15, 0.2) is 0 Å². The molecule has 1 aliphatic rings. The molecule has 2 N–H and O–H groups in total. The quantitative estimate of drug-likeness (QED) is 0.796. The van der Waals surface area contributed by atoms with Crippen LogP contribution in [0.5, 0.6) is 0 Å². The number of hydrogen-bond donors (Lipinski definition) is 2. The third-order valence-corrected chi connectivity index (χ3v) is 3.85. The summed E-state index contributed by atoms with van der Waals surface area (Å²) in [5.41, 5.74) is 0.708. The predicted octanol–water partition coefficient (Wildman–Crippen LogP) is 2.37. The van der Waals surface area contributed by atoms with Gasteiger partial charge < -0.3 is 15.3 Å². The van der Waals surface area contributed by atoms with Crippen molar-refractivity contribution in [3.8, 4) is 0 Å². The molecule has 18 heavy (non-hydrogen) atoms. The van der Waals surface area contributed by atoms with Gasteiger partial charge in [-0.3, -0.25) is 0 Å². The number of amides is 2. The lowest BCUT2D eigenvalue weighted by atomic mass is 10.2. The summed E-state index contributed by atoms with van der Waals surface area (Å²) in [4.78, 5) is 24.4. The molecule has 0 aromatic heterocycles. The lowest BCUT2D eigenvalue weighted by Gasteiger charge is -2.22. The number of hydrogen-bond acceptors (Lipinski definition) is 2. The maximum absolute atomic E-state index is 12.0. The van der Waals surface area contributed by atoms with Crippen molar-refractivity contribution in [3.63, 3.8) is 0 Å². The van der Waals surface area contributed by atoms with Crippen molar-refractivity contribution >= 4 is 40.3 Å². The fourth-order valence-corrected chi connectivity index (χ4v) is 2.54. The van der Waals surface area contributed by atoms with E-state index in [0.29, 0.717) is 18.7 Å². The molecule has 0 aliphatic carbocycles. The fourth-order valence-electron chi connectivity index (χ4n) is 2.02. The van der Waals surface area contributed by atoms with Gasteiger partial charge in [-0.1, -0.05) is 12.1 Å². The number of nitrogens with one attached hydrogen (secondary N) is 1. The highest BCUT2D eigenvalue weighted by atomic mass is 127. The highest BCUT2D eigenvalue weighted by Gasteiger charge is 2.34. The third kappa shape index (κ3) is 2.74. The van der Waals surface area contributed by atoms with Crippen molar-refractivity contribution in [3.05, 3.63) is 27.8 Å². The Morgan fingerprint density at radius 2 is 2.11 bits per heavy atom. The lowest BCUT2D eigenvalue weighted by molar-refractivity contribution is -0.141. The van der Waals surface area contributed by atoms with Gasteiger partial charge in [0, 0.05) is 10.1 Å². The monoisotopic (exact) mass is 360 g/mol. The first-order valence-electron chi connectivity index (χ1n) is 5.64. The smallest absolute Gasteiger partial charge is 0.326 e. The Labute approximate surface area is 118 Å². The molecule has 1 saturated heterocycles. The minimum atomic E-state index is -0.939. The van der Waals surface area contributed by atoms with Crippen LogP contribution >= 0.6 is 22.6 Å². The highest BCUT2D eigenvalue weighted by Crippen LogP contribution is 2.21. The number of para-hydroxylation sites is 1. The molecular formula is C12H13IN2O3. The average Bonchev–Trinajstić information content (AvgIpc) is 2.81. The molecule has 0 radical (unpaired) electrons. The van der Waals surface area contributed by atoms with E-state index in [1.807, 2.05) is 18.2 Å². The molecule has 5 nitrogen and oxygen atoms in total. The predicted molar refractivity (Wildman–Crippen MR) is 75.5 cm³/mol. The summed E-state index contributed by atoms with van der Waals surface area (Å²) in [5, 5.41) is 11.8. The minimum Gasteiger partial charge on any atom is -0.480 e. The molecule has 1 unspecified atom stereocenters. The van der Waals surface area contributed by atoms with Crippen LogP contribution in [-0.2, 0) is 4.79 Å². The Hall–Kier alpha value is -1.31. The van der Waals surface area contributed by atoms with Crippen LogP contribution < -0.4 is 5.32 Å². The average molecular weight is 360 g/mol. The molecule has 0 saturated carbocycles. The Bertz CT molecular complexity index is 478. The first kappa shape index (κ1) is 13.1. The molecule has 2 rings (SSSR count). The van der Waals surface area contributed by atoms with Crippen LogP contribution in [-0.4, -0.2) is 34.6 Å². The zero-order valence-electron chi connectivity index (χ0n) is 9.60. The van der Waals surface area contributed by atoms with E-state index in [4.69, 9.17) is 5.11 Å². The molecule has 96 valence electrons. The summed E-state index contributed by atoms with van der Waals surface area (Å²) in [6, 6.07) is 6.35. The van der Waals surface area contributed by atoms with E-state index >= 15 is 0 Å². The number of carbonyl (C=O) groups excluding carboxylic acids is 1. The molecule has 0 bridgehead atoms.